The fourth-order valence-corrected chi connectivity index (χ4v) is 2.63. The zero-order valence-electron chi connectivity index (χ0n) is 9.29. The summed E-state index contributed by atoms with van der Waals surface area (Å²) < 4.78 is 0. The molecule has 2 aliphatic heterocycles. The molecule has 2 heterocycles. The van der Waals surface area contributed by atoms with E-state index in [1.165, 1.54) is 19.5 Å². The monoisotopic (exact) mass is 198 g/mol. The first-order chi connectivity index (χ1) is 6.55. The maximum atomic E-state index is 9.40. The third-order valence-corrected chi connectivity index (χ3v) is 3.43. The van der Waals surface area contributed by atoms with E-state index in [1.54, 1.807) is 0 Å². The predicted octanol–water partition coefficient (Wildman–Crippen LogP) is 0.441. The van der Waals surface area contributed by atoms with Crippen LogP contribution in [0, 0.1) is 5.41 Å². The van der Waals surface area contributed by atoms with Crippen LogP contribution in [0.4, 0.5) is 0 Å². The summed E-state index contributed by atoms with van der Waals surface area (Å²) in [6.45, 7) is 9.00. The predicted molar refractivity (Wildman–Crippen MR) is 57.3 cm³/mol. The van der Waals surface area contributed by atoms with Gasteiger partial charge in [0.15, 0.2) is 0 Å². The van der Waals surface area contributed by atoms with Crippen molar-refractivity contribution < 1.29 is 5.11 Å². The number of aliphatic hydroxyl groups excluding tert-OH is 1. The Bertz CT molecular complexity index is 205. The summed E-state index contributed by atoms with van der Waals surface area (Å²) in [6.07, 6.45) is 2.12. The number of nitrogens with one attached hydrogen (secondary N) is 1. The molecular weight excluding hydrogens is 176 g/mol. The van der Waals surface area contributed by atoms with Gasteiger partial charge in [-0.3, -0.25) is 0 Å². The Labute approximate surface area is 86.5 Å². The van der Waals surface area contributed by atoms with Crippen molar-refractivity contribution in [3.05, 3.63) is 0 Å². The SMILES string of the molecule is CC1(C)CCN(CC2CC(O)CN2)C1. The number of β-amino-alcohol motifs (C(OH)–C–C–N with tert-alkyl or cyclic N) is 1. The van der Waals surface area contributed by atoms with Crippen molar-refractivity contribution in [2.75, 3.05) is 26.2 Å². The Morgan fingerprint density at radius 3 is 2.79 bits per heavy atom. The fourth-order valence-electron chi connectivity index (χ4n) is 2.63. The van der Waals surface area contributed by atoms with E-state index in [4.69, 9.17) is 0 Å². The van der Waals surface area contributed by atoms with E-state index in [2.05, 4.69) is 24.1 Å². The highest BCUT2D eigenvalue weighted by molar-refractivity contribution is 4.88. The molecule has 3 heteroatoms. The van der Waals surface area contributed by atoms with Crippen molar-refractivity contribution in [1.29, 1.82) is 0 Å². The topological polar surface area (TPSA) is 35.5 Å². The zero-order valence-corrected chi connectivity index (χ0v) is 9.29. The molecule has 82 valence electrons. The van der Waals surface area contributed by atoms with Gasteiger partial charge in [0, 0.05) is 25.7 Å². The maximum absolute atomic E-state index is 9.40. The average Bonchev–Trinajstić information content (AvgIpc) is 2.59. The van der Waals surface area contributed by atoms with Crippen LogP contribution in [-0.2, 0) is 0 Å². The minimum atomic E-state index is -0.115. The summed E-state index contributed by atoms with van der Waals surface area (Å²) in [5, 5.41) is 12.8. The number of rotatable bonds is 2. The minimum absolute atomic E-state index is 0.115. The van der Waals surface area contributed by atoms with Crippen molar-refractivity contribution in [3.63, 3.8) is 0 Å². The van der Waals surface area contributed by atoms with E-state index in [-0.39, 0.29) is 6.10 Å². The highest BCUT2D eigenvalue weighted by atomic mass is 16.3. The smallest absolute Gasteiger partial charge is 0.0680 e. The largest absolute Gasteiger partial charge is 0.392 e. The first-order valence-electron chi connectivity index (χ1n) is 5.69. The number of aliphatic hydroxyl groups is 1. The maximum Gasteiger partial charge on any atom is 0.0680 e. The molecule has 0 amide bonds. The second-order valence-corrected chi connectivity index (χ2v) is 5.64. The number of nitrogens with zero attached hydrogens (tertiary/aromatic N) is 1. The Balaban J connectivity index is 1.76. The zero-order chi connectivity index (χ0) is 10.2. The Kier molecular flexibility index (Phi) is 2.82. The van der Waals surface area contributed by atoms with E-state index < -0.39 is 0 Å². The lowest BCUT2D eigenvalue weighted by Gasteiger charge is -2.22. The van der Waals surface area contributed by atoms with E-state index in [0.29, 0.717) is 11.5 Å². The van der Waals surface area contributed by atoms with Crippen LogP contribution in [0.2, 0.25) is 0 Å². The Hall–Kier alpha value is -0.120. The molecule has 2 fully saturated rings. The molecule has 2 rings (SSSR count). The number of hydrogen-bond acceptors (Lipinski definition) is 3. The molecule has 2 unspecified atom stereocenters. The molecule has 0 aromatic carbocycles. The van der Waals surface area contributed by atoms with Crippen molar-refractivity contribution in [2.45, 2.75) is 38.8 Å². The molecule has 0 saturated carbocycles. The summed E-state index contributed by atoms with van der Waals surface area (Å²) in [6, 6.07) is 0.513. The van der Waals surface area contributed by atoms with Crippen LogP contribution in [0.15, 0.2) is 0 Å². The van der Waals surface area contributed by atoms with E-state index in [9.17, 15) is 5.11 Å². The molecule has 0 bridgehead atoms. The van der Waals surface area contributed by atoms with Crippen LogP contribution in [0.25, 0.3) is 0 Å². The lowest BCUT2D eigenvalue weighted by molar-refractivity contribution is 0.188. The van der Waals surface area contributed by atoms with Crippen molar-refractivity contribution in [1.82, 2.24) is 10.2 Å². The van der Waals surface area contributed by atoms with Gasteiger partial charge < -0.3 is 15.3 Å². The molecule has 0 aliphatic carbocycles. The molecule has 3 nitrogen and oxygen atoms in total. The fraction of sp³-hybridized carbons (Fsp3) is 1.00. The van der Waals surface area contributed by atoms with E-state index in [0.717, 1.165) is 19.5 Å². The molecule has 0 radical (unpaired) electrons. The Morgan fingerprint density at radius 1 is 1.50 bits per heavy atom. The van der Waals surface area contributed by atoms with Gasteiger partial charge >= 0.3 is 0 Å². The highest BCUT2D eigenvalue weighted by Crippen LogP contribution is 2.29. The van der Waals surface area contributed by atoms with Crippen LogP contribution in [0.5, 0.6) is 0 Å². The molecule has 0 aromatic rings. The molecule has 2 aliphatic rings. The summed E-state index contributed by atoms with van der Waals surface area (Å²) >= 11 is 0. The summed E-state index contributed by atoms with van der Waals surface area (Å²) in [5.74, 6) is 0. The third-order valence-electron chi connectivity index (χ3n) is 3.43. The molecule has 2 saturated heterocycles. The summed E-state index contributed by atoms with van der Waals surface area (Å²) in [7, 11) is 0. The van der Waals surface area contributed by atoms with Gasteiger partial charge in [-0.2, -0.15) is 0 Å². The van der Waals surface area contributed by atoms with E-state index in [1.807, 2.05) is 0 Å². The first-order valence-corrected chi connectivity index (χ1v) is 5.69. The van der Waals surface area contributed by atoms with Crippen LogP contribution in [-0.4, -0.2) is 48.3 Å². The van der Waals surface area contributed by atoms with Gasteiger partial charge in [-0.05, 0) is 24.8 Å². The second kappa shape index (κ2) is 3.80. The van der Waals surface area contributed by atoms with Crippen molar-refractivity contribution in [3.8, 4) is 0 Å². The van der Waals surface area contributed by atoms with Gasteiger partial charge in [-0.15, -0.1) is 0 Å². The van der Waals surface area contributed by atoms with Gasteiger partial charge in [0.05, 0.1) is 6.10 Å². The van der Waals surface area contributed by atoms with Crippen LogP contribution >= 0.6 is 0 Å². The van der Waals surface area contributed by atoms with Gasteiger partial charge in [0.25, 0.3) is 0 Å². The van der Waals surface area contributed by atoms with Gasteiger partial charge in [0.2, 0.25) is 0 Å². The van der Waals surface area contributed by atoms with Crippen LogP contribution in [0.3, 0.4) is 0 Å². The second-order valence-electron chi connectivity index (χ2n) is 5.64. The normalized spacial score (nSPS) is 37.9. The molecule has 2 atom stereocenters. The standard InChI is InChI=1S/C11H22N2O/c1-11(2)3-4-13(8-11)7-9-5-10(14)6-12-9/h9-10,12,14H,3-8H2,1-2H3. The van der Waals surface area contributed by atoms with Crippen molar-refractivity contribution in [2.24, 2.45) is 5.41 Å². The number of hydrogen-bond donors (Lipinski definition) is 2. The number of likely N-dealkylation sites (tertiary alicyclic amines) is 1. The Morgan fingerprint density at radius 2 is 2.29 bits per heavy atom. The summed E-state index contributed by atoms with van der Waals surface area (Å²) in [5.41, 5.74) is 0.497. The van der Waals surface area contributed by atoms with Gasteiger partial charge in [-0.25, -0.2) is 0 Å². The molecule has 0 aromatic heterocycles. The van der Waals surface area contributed by atoms with Crippen molar-refractivity contribution >= 4 is 0 Å². The lowest BCUT2D eigenvalue weighted by Crippen LogP contribution is -2.36. The quantitative estimate of drug-likeness (QED) is 0.676. The minimum Gasteiger partial charge on any atom is -0.392 e. The van der Waals surface area contributed by atoms with Gasteiger partial charge in [-0.1, -0.05) is 13.8 Å². The molecular formula is C11H22N2O. The third kappa shape index (κ3) is 2.47. The average molecular weight is 198 g/mol. The molecule has 0 spiro atoms. The molecule has 2 N–H and O–H groups in total. The lowest BCUT2D eigenvalue weighted by atomic mass is 9.93. The highest BCUT2D eigenvalue weighted by Gasteiger charge is 2.32. The van der Waals surface area contributed by atoms with E-state index >= 15 is 0 Å². The molecule has 14 heavy (non-hydrogen) atoms. The first kappa shape index (κ1) is 10.4. The van der Waals surface area contributed by atoms with Crippen LogP contribution < -0.4 is 5.32 Å². The van der Waals surface area contributed by atoms with Crippen LogP contribution in [0.1, 0.15) is 26.7 Å². The van der Waals surface area contributed by atoms with Gasteiger partial charge in [0.1, 0.15) is 0 Å². The summed E-state index contributed by atoms with van der Waals surface area (Å²) in [4.78, 5) is 2.52.